The van der Waals surface area contributed by atoms with E-state index in [1.807, 2.05) is 0 Å². The van der Waals surface area contributed by atoms with Gasteiger partial charge in [-0.2, -0.15) is 0 Å². The largest absolute Gasteiger partial charge is 0.347 e. The summed E-state index contributed by atoms with van der Waals surface area (Å²) in [6, 6.07) is 6.21. The first-order valence-corrected chi connectivity index (χ1v) is 9.21. The van der Waals surface area contributed by atoms with Gasteiger partial charge in [0.05, 0.1) is 4.90 Å². The molecule has 1 N–H and O–H groups in total. The summed E-state index contributed by atoms with van der Waals surface area (Å²) < 4.78 is 23.1. The molecule has 0 atom stereocenters. The highest BCUT2D eigenvalue weighted by molar-refractivity contribution is 7.90. The summed E-state index contributed by atoms with van der Waals surface area (Å²) >= 11 is 0. The molecule has 21 heavy (non-hydrogen) atoms. The maximum absolute atomic E-state index is 12.4. The lowest BCUT2D eigenvalue weighted by molar-refractivity contribution is 0.0869. The van der Waals surface area contributed by atoms with Crippen LogP contribution >= 0.6 is 0 Å². The average molecular weight is 309 g/mol. The predicted octanol–water partition coefficient (Wildman–Crippen LogP) is 2.79. The smallest absolute Gasteiger partial charge is 0.251 e. The minimum Gasteiger partial charge on any atom is -0.347 e. The third-order valence-corrected chi connectivity index (χ3v) is 5.43. The van der Waals surface area contributed by atoms with Gasteiger partial charge in [0.2, 0.25) is 0 Å². The highest BCUT2D eigenvalue weighted by Gasteiger charge is 2.31. The van der Waals surface area contributed by atoms with E-state index in [0.717, 1.165) is 31.9 Å². The Bertz CT molecular complexity index is 629. The zero-order chi connectivity index (χ0) is 15.7. The van der Waals surface area contributed by atoms with Gasteiger partial charge in [0.15, 0.2) is 9.84 Å². The van der Waals surface area contributed by atoms with Crippen molar-refractivity contribution in [1.82, 2.24) is 5.32 Å². The van der Waals surface area contributed by atoms with Crippen molar-refractivity contribution in [3.05, 3.63) is 29.8 Å². The summed E-state index contributed by atoms with van der Waals surface area (Å²) in [6.45, 7) is 4.30. The topological polar surface area (TPSA) is 63.2 Å². The molecule has 0 aromatic heterocycles. The van der Waals surface area contributed by atoms with Crippen LogP contribution in [0.4, 0.5) is 0 Å². The lowest BCUT2D eigenvalue weighted by Crippen LogP contribution is -2.48. The fraction of sp³-hybridized carbons (Fsp3) is 0.562. The van der Waals surface area contributed by atoms with Crippen molar-refractivity contribution in [3.8, 4) is 0 Å². The van der Waals surface area contributed by atoms with Crippen LogP contribution in [0, 0.1) is 5.92 Å². The second-order valence-electron chi connectivity index (χ2n) is 6.50. The summed E-state index contributed by atoms with van der Waals surface area (Å²) in [5.74, 6) is 0.515. The Morgan fingerprint density at radius 3 is 2.48 bits per heavy atom. The molecule has 2 rings (SSSR count). The second-order valence-corrected chi connectivity index (χ2v) is 8.51. The van der Waals surface area contributed by atoms with Crippen LogP contribution in [0.3, 0.4) is 0 Å². The molecule has 0 bridgehead atoms. The molecule has 0 heterocycles. The Morgan fingerprint density at radius 2 is 1.90 bits per heavy atom. The number of carbonyl (C=O) groups is 1. The minimum atomic E-state index is -3.29. The van der Waals surface area contributed by atoms with E-state index in [9.17, 15) is 13.2 Å². The number of rotatable bonds is 3. The molecule has 4 nitrogen and oxygen atoms in total. The van der Waals surface area contributed by atoms with Gasteiger partial charge in [-0.15, -0.1) is 0 Å². The third-order valence-electron chi connectivity index (χ3n) is 4.32. The Balaban J connectivity index is 2.14. The van der Waals surface area contributed by atoms with Gasteiger partial charge >= 0.3 is 0 Å². The Hall–Kier alpha value is -1.36. The number of nitrogens with one attached hydrogen (secondary N) is 1. The SMILES string of the molecule is CC1CCC(C)(NC(=O)c2cccc(S(C)(=O)=O)c2)CC1. The van der Waals surface area contributed by atoms with Gasteiger partial charge < -0.3 is 5.32 Å². The van der Waals surface area contributed by atoms with E-state index >= 15 is 0 Å². The minimum absolute atomic E-state index is 0.178. The number of hydrogen-bond acceptors (Lipinski definition) is 3. The summed E-state index contributed by atoms with van der Waals surface area (Å²) in [5.41, 5.74) is 0.211. The summed E-state index contributed by atoms with van der Waals surface area (Å²) in [5, 5.41) is 3.08. The Labute approximate surface area is 126 Å². The van der Waals surface area contributed by atoms with Gasteiger partial charge in [0.1, 0.15) is 0 Å². The van der Waals surface area contributed by atoms with E-state index in [1.165, 1.54) is 12.1 Å². The van der Waals surface area contributed by atoms with E-state index in [4.69, 9.17) is 0 Å². The van der Waals surface area contributed by atoms with Gasteiger partial charge in [-0.3, -0.25) is 4.79 Å². The standard InChI is InChI=1S/C16H23NO3S/c1-12-7-9-16(2,10-8-12)17-15(18)13-5-4-6-14(11-13)21(3,19)20/h4-6,11-12H,7-10H2,1-3H3,(H,17,18). The lowest BCUT2D eigenvalue weighted by atomic mass is 9.78. The van der Waals surface area contributed by atoms with E-state index in [1.54, 1.807) is 12.1 Å². The van der Waals surface area contributed by atoms with E-state index in [2.05, 4.69) is 19.2 Å². The molecule has 0 unspecified atom stereocenters. The zero-order valence-electron chi connectivity index (χ0n) is 12.8. The fourth-order valence-electron chi connectivity index (χ4n) is 2.74. The molecular formula is C16H23NO3S. The van der Waals surface area contributed by atoms with Crippen LogP contribution in [0.25, 0.3) is 0 Å². The van der Waals surface area contributed by atoms with Crippen LogP contribution in [0.1, 0.15) is 49.9 Å². The monoisotopic (exact) mass is 309 g/mol. The zero-order valence-corrected chi connectivity index (χ0v) is 13.7. The van der Waals surface area contributed by atoms with Gasteiger partial charge in [0, 0.05) is 17.4 Å². The van der Waals surface area contributed by atoms with Crippen LogP contribution in [0.5, 0.6) is 0 Å². The molecule has 1 aromatic rings. The van der Waals surface area contributed by atoms with E-state index in [-0.39, 0.29) is 16.3 Å². The molecule has 1 aromatic carbocycles. The van der Waals surface area contributed by atoms with Crippen LogP contribution in [-0.4, -0.2) is 26.1 Å². The first-order chi connectivity index (χ1) is 9.70. The molecule has 1 aliphatic carbocycles. The molecule has 0 aliphatic heterocycles. The van der Waals surface area contributed by atoms with Gasteiger partial charge in [-0.05, 0) is 56.7 Å². The van der Waals surface area contributed by atoms with Crippen molar-refractivity contribution in [2.24, 2.45) is 5.92 Å². The molecule has 1 saturated carbocycles. The van der Waals surface area contributed by atoms with Crippen LogP contribution in [0.15, 0.2) is 29.2 Å². The van der Waals surface area contributed by atoms with Crippen molar-refractivity contribution >= 4 is 15.7 Å². The normalized spacial score (nSPS) is 26.3. The van der Waals surface area contributed by atoms with Crippen molar-refractivity contribution in [1.29, 1.82) is 0 Å². The molecule has 0 spiro atoms. The van der Waals surface area contributed by atoms with Crippen molar-refractivity contribution in [2.75, 3.05) is 6.26 Å². The van der Waals surface area contributed by atoms with E-state index in [0.29, 0.717) is 11.5 Å². The Morgan fingerprint density at radius 1 is 1.29 bits per heavy atom. The number of benzene rings is 1. The lowest BCUT2D eigenvalue weighted by Gasteiger charge is -2.37. The van der Waals surface area contributed by atoms with Crippen molar-refractivity contribution in [3.63, 3.8) is 0 Å². The van der Waals surface area contributed by atoms with Gasteiger partial charge in [0.25, 0.3) is 5.91 Å². The highest BCUT2D eigenvalue weighted by atomic mass is 32.2. The number of amides is 1. The van der Waals surface area contributed by atoms with Gasteiger partial charge in [-0.25, -0.2) is 8.42 Å². The average Bonchev–Trinajstić information content (AvgIpc) is 2.42. The molecule has 116 valence electrons. The maximum Gasteiger partial charge on any atom is 0.251 e. The van der Waals surface area contributed by atoms with Crippen LogP contribution in [0.2, 0.25) is 0 Å². The third kappa shape index (κ3) is 4.06. The van der Waals surface area contributed by atoms with Crippen molar-refractivity contribution in [2.45, 2.75) is 50.0 Å². The molecule has 0 radical (unpaired) electrons. The highest BCUT2D eigenvalue weighted by Crippen LogP contribution is 2.31. The summed E-state index contributed by atoms with van der Waals surface area (Å²) in [7, 11) is -3.29. The number of carbonyl (C=O) groups excluding carboxylic acids is 1. The van der Waals surface area contributed by atoms with Crippen LogP contribution in [-0.2, 0) is 9.84 Å². The van der Waals surface area contributed by atoms with E-state index < -0.39 is 9.84 Å². The molecule has 1 amide bonds. The molecule has 1 fully saturated rings. The molecule has 0 saturated heterocycles. The summed E-state index contributed by atoms with van der Waals surface area (Å²) in [6.07, 6.45) is 5.30. The fourth-order valence-corrected chi connectivity index (χ4v) is 3.41. The predicted molar refractivity (Wildman–Crippen MR) is 83.1 cm³/mol. The first kappa shape index (κ1) is 16.0. The number of sulfone groups is 1. The van der Waals surface area contributed by atoms with Gasteiger partial charge in [-0.1, -0.05) is 13.0 Å². The number of hydrogen-bond donors (Lipinski definition) is 1. The Kier molecular flexibility index (Phi) is 4.42. The van der Waals surface area contributed by atoms with Crippen molar-refractivity contribution < 1.29 is 13.2 Å². The molecule has 5 heteroatoms. The first-order valence-electron chi connectivity index (χ1n) is 7.32. The quantitative estimate of drug-likeness (QED) is 0.934. The molecular weight excluding hydrogens is 286 g/mol. The summed E-state index contributed by atoms with van der Waals surface area (Å²) in [4.78, 5) is 12.6. The molecule has 1 aliphatic rings. The van der Waals surface area contributed by atoms with Crippen LogP contribution < -0.4 is 5.32 Å². The maximum atomic E-state index is 12.4. The second kappa shape index (κ2) is 5.79.